The first kappa shape index (κ1) is 45.3. The molecule has 15 aromatic rings. The Hall–Kier alpha value is -9.11. The van der Waals surface area contributed by atoms with E-state index in [0.717, 1.165) is 11.4 Å². The van der Waals surface area contributed by atoms with Gasteiger partial charge in [-0.1, -0.05) is 243 Å². The molecule has 12 aromatic carbocycles. The Kier molecular flexibility index (Phi) is 10.8. The summed E-state index contributed by atoms with van der Waals surface area (Å²) in [5.41, 5.74) is 7.13. The Morgan fingerprint density at radius 1 is 0.208 bits per heavy atom. The van der Waals surface area contributed by atoms with Gasteiger partial charge in [0.15, 0.2) is 16.1 Å². The molecule has 15 rings (SSSR count). The third kappa shape index (κ3) is 6.98. The number of fused-ring (bicyclic) bond motifs is 9. The largest absolute Gasteiger partial charge is 0.309 e. The highest BCUT2D eigenvalue weighted by Gasteiger charge is 2.43. The number of para-hydroxylation sites is 2. The standard InChI is InChI=1S/C72H50N2SSi2/c1-7-23-53(24-8-1)76(54-25-9-2-10-26-54,55-27-11-3-12-28-55)59-41-43-69-63(49-59)61-35-19-21-37-67(61)73(69)51-39-45-71-65(47-51)66-48-52(40-46-72(66)75-71)74-68-38-22-20-36-62(68)64-50-60(42-44-70(64)74)77(56-29-13-4-14-30-56,57-31-15-5-16-32-57)58-33-17-6-18-34-58/h1-50H. The van der Waals surface area contributed by atoms with E-state index in [1.54, 1.807) is 0 Å². The second kappa shape index (κ2) is 18.3. The van der Waals surface area contributed by atoms with E-state index in [1.165, 1.54) is 105 Å². The van der Waals surface area contributed by atoms with E-state index in [1.807, 2.05) is 11.3 Å². The zero-order chi connectivity index (χ0) is 50.9. The third-order valence-electron chi connectivity index (χ3n) is 16.4. The molecule has 5 heteroatoms. The predicted octanol–water partition coefficient (Wildman–Crippen LogP) is 13.0. The molecular formula is C72H50N2SSi2. The van der Waals surface area contributed by atoms with Gasteiger partial charge in [-0.25, -0.2) is 0 Å². The summed E-state index contributed by atoms with van der Waals surface area (Å²) < 4.78 is 7.55. The lowest BCUT2D eigenvalue weighted by Gasteiger charge is -2.34. The molecule has 0 saturated carbocycles. The third-order valence-corrected chi connectivity index (χ3v) is 27.1. The highest BCUT2D eigenvalue weighted by atomic mass is 32.1. The van der Waals surface area contributed by atoms with Gasteiger partial charge in [-0.3, -0.25) is 0 Å². The smallest absolute Gasteiger partial charge is 0.179 e. The first-order valence-electron chi connectivity index (χ1n) is 26.6. The van der Waals surface area contributed by atoms with Gasteiger partial charge in [0.2, 0.25) is 0 Å². The summed E-state index contributed by atoms with van der Waals surface area (Å²) in [4.78, 5) is 0. The number of benzene rings is 12. The van der Waals surface area contributed by atoms with Crippen LogP contribution in [0.15, 0.2) is 303 Å². The van der Waals surface area contributed by atoms with Crippen molar-refractivity contribution in [1.82, 2.24) is 9.13 Å². The molecule has 2 nitrogen and oxygen atoms in total. The van der Waals surface area contributed by atoms with Crippen molar-refractivity contribution in [2.75, 3.05) is 0 Å². The van der Waals surface area contributed by atoms with Crippen LogP contribution in [0.5, 0.6) is 0 Å². The van der Waals surface area contributed by atoms with Crippen LogP contribution < -0.4 is 41.5 Å². The van der Waals surface area contributed by atoms with Gasteiger partial charge in [0.25, 0.3) is 0 Å². The molecular weight excluding hydrogens is 981 g/mol. The Labute approximate surface area is 453 Å². The monoisotopic (exact) mass is 1030 g/mol. The maximum absolute atomic E-state index is 2.76. The van der Waals surface area contributed by atoms with Crippen LogP contribution >= 0.6 is 11.3 Å². The number of nitrogens with zero attached hydrogens (tertiary/aromatic N) is 2. The van der Waals surface area contributed by atoms with Crippen LogP contribution in [0, 0.1) is 0 Å². The molecule has 0 aliphatic rings. The minimum Gasteiger partial charge on any atom is -0.309 e. The molecule has 362 valence electrons. The fourth-order valence-corrected chi connectivity index (χ4v) is 23.7. The highest BCUT2D eigenvalue weighted by molar-refractivity contribution is 7.26. The van der Waals surface area contributed by atoms with E-state index in [0.29, 0.717) is 0 Å². The summed E-state index contributed by atoms with van der Waals surface area (Å²) in [5.74, 6) is 0. The van der Waals surface area contributed by atoms with Crippen molar-refractivity contribution in [2.24, 2.45) is 0 Å². The Morgan fingerprint density at radius 2 is 0.494 bits per heavy atom. The maximum Gasteiger partial charge on any atom is 0.179 e. The number of aromatic nitrogens is 2. The van der Waals surface area contributed by atoms with E-state index in [2.05, 4.69) is 312 Å². The molecule has 3 aromatic heterocycles. The van der Waals surface area contributed by atoms with Crippen molar-refractivity contribution >= 4 is 133 Å². The molecule has 0 bridgehead atoms. The van der Waals surface area contributed by atoms with E-state index in [9.17, 15) is 0 Å². The van der Waals surface area contributed by atoms with Crippen LogP contribution in [0.3, 0.4) is 0 Å². The summed E-state index contributed by atoms with van der Waals surface area (Å²) in [6, 6.07) is 114. The molecule has 0 N–H and O–H groups in total. The van der Waals surface area contributed by atoms with Crippen LogP contribution in [0.25, 0.3) is 75.2 Å². The highest BCUT2D eigenvalue weighted by Crippen LogP contribution is 2.40. The molecule has 0 atom stereocenters. The van der Waals surface area contributed by atoms with Gasteiger partial charge in [0.05, 0.1) is 22.1 Å². The number of hydrogen-bond donors (Lipinski definition) is 0. The Morgan fingerprint density at radius 3 is 0.818 bits per heavy atom. The molecule has 77 heavy (non-hydrogen) atoms. The zero-order valence-electron chi connectivity index (χ0n) is 42.2. The first-order chi connectivity index (χ1) is 38.2. The molecule has 0 aliphatic carbocycles. The molecule has 0 saturated heterocycles. The summed E-state index contributed by atoms with van der Waals surface area (Å²) in [6.45, 7) is 0. The lowest BCUT2D eigenvalue weighted by Crippen LogP contribution is -2.74. The van der Waals surface area contributed by atoms with Gasteiger partial charge in [-0.2, -0.15) is 0 Å². The van der Waals surface area contributed by atoms with Crippen molar-refractivity contribution in [3.63, 3.8) is 0 Å². The quantitative estimate of drug-likeness (QED) is 0.0954. The molecule has 0 amide bonds. The summed E-state index contributed by atoms with van der Waals surface area (Å²) in [7, 11) is -5.52. The molecule has 0 spiro atoms. The van der Waals surface area contributed by atoms with E-state index >= 15 is 0 Å². The normalized spacial score (nSPS) is 12.2. The Bertz CT molecular complexity index is 4170. The fraction of sp³-hybridized carbons (Fsp3) is 0. The van der Waals surface area contributed by atoms with Crippen LogP contribution in [-0.4, -0.2) is 25.3 Å². The Balaban J connectivity index is 0.904. The van der Waals surface area contributed by atoms with Crippen molar-refractivity contribution in [2.45, 2.75) is 0 Å². The van der Waals surface area contributed by atoms with Gasteiger partial charge >= 0.3 is 0 Å². The van der Waals surface area contributed by atoms with Crippen molar-refractivity contribution in [3.05, 3.63) is 303 Å². The van der Waals surface area contributed by atoms with Crippen molar-refractivity contribution < 1.29 is 0 Å². The van der Waals surface area contributed by atoms with Crippen molar-refractivity contribution in [3.8, 4) is 11.4 Å². The number of thiophene rings is 1. The van der Waals surface area contributed by atoms with Gasteiger partial charge in [0, 0.05) is 53.1 Å². The summed E-state index contributed by atoms with van der Waals surface area (Å²) in [5, 5.41) is 18.6. The second-order valence-corrected chi connectivity index (χ2v) is 29.0. The minimum atomic E-state index is -2.76. The van der Waals surface area contributed by atoms with Gasteiger partial charge in [0.1, 0.15) is 0 Å². The maximum atomic E-state index is 2.53. The van der Waals surface area contributed by atoms with Crippen LogP contribution in [-0.2, 0) is 0 Å². The predicted molar refractivity (Wildman–Crippen MR) is 335 cm³/mol. The summed E-state index contributed by atoms with van der Waals surface area (Å²) in [6.07, 6.45) is 0. The first-order valence-corrected chi connectivity index (χ1v) is 31.4. The SMILES string of the molecule is c1ccc([Si](c2ccccc2)(c2ccccc2)c2ccc3c(c2)c2ccccc2n3-c2ccc3sc4ccc(-n5c6ccccc6c6cc([Si](c7ccccc7)(c7ccccc7)c7ccccc7)ccc65)cc4c3c2)cc1. The number of rotatable bonds is 10. The van der Waals surface area contributed by atoms with E-state index in [-0.39, 0.29) is 0 Å². The minimum absolute atomic E-state index is 1.16. The van der Waals surface area contributed by atoms with Crippen LogP contribution in [0.4, 0.5) is 0 Å². The van der Waals surface area contributed by atoms with Crippen LogP contribution in [0.2, 0.25) is 0 Å². The molecule has 0 aliphatic heterocycles. The zero-order valence-corrected chi connectivity index (χ0v) is 45.0. The topological polar surface area (TPSA) is 9.86 Å². The molecule has 0 fully saturated rings. The fourth-order valence-electron chi connectivity index (χ4n) is 13.1. The molecule has 3 heterocycles. The molecule has 0 radical (unpaired) electrons. The molecule has 0 unspecified atom stereocenters. The van der Waals surface area contributed by atoms with E-state index in [4.69, 9.17) is 0 Å². The van der Waals surface area contributed by atoms with Crippen LogP contribution in [0.1, 0.15) is 0 Å². The van der Waals surface area contributed by atoms with Gasteiger partial charge in [-0.05, 0) is 102 Å². The lowest BCUT2D eigenvalue weighted by atomic mass is 10.1. The van der Waals surface area contributed by atoms with E-state index < -0.39 is 16.1 Å². The average Bonchev–Trinajstić information content (AvgIpc) is 4.25. The lowest BCUT2D eigenvalue weighted by molar-refractivity contribution is 1.18. The van der Waals surface area contributed by atoms with Gasteiger partial charge < -0.3 is 9.13 Å². The summed E-state index contributed by atoms with van der Waals surface area (Å²) >= 11 is 1.88. The average molecular weight is 1030 g/mol. The number of hydrogen-bond acceptors (Lipinski definition) is 1. The van der Waals surface area contributed by atoms with Crippen molar-refractivity contribution in [1.29, 1.82) is 0 Å². The second-order valence-electron chi connectivity index (χ2n) is 20.3. The van der Waals surface area contributed by atoms with Gasteiger partial charge in [-0.15, -0.1) is 11.3 Å².